The minimum Gasteiger partial charge on any atom is -0.493 e. The number of nitrogens with one attached hydrogen (secondary N) is 1. The van der Waals surface area contributed by atoms with Crippen molar-refractivity contribution in [2.75, 3.05) is 44.8 Å². The first-order valence-electron chi connectivity index (χ1n) is 12.7. The topological polar surface area (TPSA) is 178 Å². The Kier molecular flexibility index (Phi) is 8.12. The molecule has 2 aliphatic rings. The molecule has 14 heteroatoms. The summed E-state index contributed by atoms with van der Waals surface area (Å²) in [6.07, 6.45) is 1.56. The number of carbonyl (C=O) groups excluding carboxylic acids is 3. The molecular formula is C27H29N5O8S. The lowest BCUT2D eigenvalue weighted by Gasteiger charge is -2.32. The number of methoxy groups -OCH3 is 2. The lowest BCUT2D eigenvalue weighted by molar-refractivity contribution is -0.123. The molecule has 0 spiro atoms. The number of nitrogen functional groups attached to an aromatic ring is 1. The molecule has 1 saturated heterocycles. The summed E-state index contributed by atoms with van der Waals surface area (Å²) in [5, 5.41) is 2.93. The van der Waals surface area contributed by atoms with Gasteiger partial charge in [-0.15, -0.1) is 0 Å². The molecule has 3 heterocycles. The fourth-order valence-corrected chi connectivity index (χ4v) is 5.46. The van der Waals surface area contributed by atoms with Gasteiger partial charge in [-0.05, 0) is 54.2 Å². The number of nitrogens with two attached hydrogens (primary N) is 2. The Morgan fingerprint density at radius 1 is 1.12 bits per heavy atom. The minimum absolute atomic E-state index is 0.0114. The van der Waals surface area contributed by atoms with Crippen LogP contribution in [0.3, 0.4) is 0 Å². The molecule has 0 saturated carbocycles. The van der Waals surface area contributed by atoms with E-state index in [0.29, 0.717) is 52.4 Å². The summed E-state index contributed by atoms with van der Waals surface area (Å²) in [5.74, 6) is -0.378. The largest absolute Gasteiger partial charge is 0.493 e. The molecule has 216 valence electrons. The molecule has 0 radical (unpaired) electrons. The average Bonchev–Trinajstić information content (AvgIpc) is 3.74. The van der Waals surface area contributed by atoms with Crippen LogP contribution in [-0.2, 0) is 9.53 Å². The highest BCUT2D eigenvalue weighted by atomic mass is 32.1. The Labute approximate surface area is 239 Å². The molecule has 2 atom stereocenters. The van der Waals surface area contributed by atoms with Gasteiger partial charge in [-0.2, -0.15) is 4.37 Å². The summed E-state index contributed by atoms with van der Waals surface area (Å²) in [7, 11) is 2.97. The van der Waals surface area contributed by atoms with Crippen molar-refractivity contribution < 1.29 is 38.1 Å². The van der Waals surface area contributed by atoms with Crippen molar-refractivity contribution in [3.63, 3.8) is 0 Å². The average molecular weight is 584 g/mol. The van der Waals surface area contributed by atoms with Crippen LogP contribution >= 0.6 is 11.5 Å². The fourth-order valence-electron chi connectivity index (χ4n) is 4.71. The summed E-state index contributed by atoms with van der Waals surface area (Å²) in [6, 6.07) is 8.54. The summed E-state index contributed by atoms with van der Waals surface area (Å²) in [6.45, 7) is 0.881. The molecule has 1 aromatic heterocycles. The number of hydrogen-bond donors (Lipinski definition) is 3. The van der Waals surface area contributed by atoms with Gasteiger partial charge >= 0.3 is 0 Å². The zero-order valence-electron chi connectivity index (χ0n) is 22.4. The lowest BCUT2D eigenvalue weighted by atomic mass is 10.0. The first-order chi connectivity index (χ1) is 19.8. The molecule has 2 aromatic carbocycles. The van der Waals surface area contributed by atoms with Gasteiger partial charge in [0.15, 0.2) is 28.7 Å². The SMILES string of the molecule is COc1ccc(C(C(=O)NCC2CCCO2)N(C(=O)c2snc(C(N)=O)c2N)c2ccc3c(c2)OCO3)cc1OC. The van der Waals surface area contributed by atoms with Gasteiger partial charge in [-0.1, -0.05) is 6.07 Å². The zero-order chi connectivity index (χ0) is 29.1. The Balaban J connectivity index is 1.64. The van der Waals surface area contributed by atoms with E-state index in [4.69, 9.17) is 35.2 Å². The predicted octanol–water partition coefficient (Wildman–Crippen LogP) is 2.25. The van der Waals surface area contributed by atoms with E-state index in [1.54, 1.807) is 36.4 Å². The molecule has 3 aromatic rings. The van der Waals surface area contributed by atoms with E-state index in [2.05, 4.69) is 9.69 Å². The van der Waals surface area contributed by atoms with E-state index < -0.39 is 23.8 Å². The molecule has 1 fully saturated rings. The van der Waals surface area contributed by atoms with E-state index in [0.717, 1.165) is 12.8 Å². The molecule has 5 rings (SSSR count). The third-order valence-electron chi connectivity index (χ3n) is 6.77. The van der Waals surface area contributed by atoms with Crippen LogP contribution in [0.15, 0.2) is 36.4 Å². The van der Waals surface area contributed by atoms with Crippen LogP contribution in [-0.4, -0.2) is 62.4 Å². The lowest BCUT2D eigenvalue weighted by Crippen LogP contribution is -2.45. The number of ether oxygens (including phenoxy) is 5. The van der Waals surface area contributed by atoms with Crippen molar-refractivity contribution in [3.8, 4) is 23.0 Å². The summed E-state index contributed by atoms with van der Waals surface area (Å²) in [5.41, 5.74) is 11.9. The quantitative estimate of drug-likeness (QED) is 0.321. The summed E-state index contributed by atoms with van der Waals surface area (Å²) < 4.78 is 31.5. The van der Waals surface area contributed by atoms with Gasteiger partial charge in [-0.25, -0.2) is 0 Å². The van der Waals surface area contributed by atoms with Gasteiger partial charge in [-0.3, -0.25) is 19.3 Å². The molecular weight excluding hydrogens is 554 g/mol. The number of primary amides is 1. The van der Waals surface area contributed by atoms with Crippen molar-refractivity contribution in [2.45, 2.75) is 25.0 Å². The normalized spacial score (nSPS) is 16.2. The van der Waals surface area contributed by atoms with E-state index in [9.17, 15) is 14.4 Å². The van der Waals surface area contributed by atoms with Gasteiger partial charge in [0.05, 0.1) is 26.0 Å². The first kappa shape index (κ1) is 28.0. The van der Waals surface area contributed by atoms with Crippen LogP contribution in [0.5, 0.6) is 23.0 Å². The first-order valence-corrected chi connectivity index (χ1v) is 13.5. The molecule has 2 aliphatic heterocycles. The van der Waals surface area contributed by atoms with Gasteiger partial charge in [0, 0.05) is 24.9 Å². The van der Waals surface area contributed by atoms with Crippen molar-refractivity contribution in [2.24, 2.45) is 5.73 Å². The summed E-state index contributed by atoms with van der Waals surface area (Å²) in [4.78, 5) is 41.4. The highest BCUT2D eigenvalue weighted by Crippen LogP contribution is 2.41. The second kappa shape index (κ2) is 11.9. The van der Waals surface area contributed by atoms with Gasteiger partial charge in [0.25, 0.3) is 11.8 Å². The highest BCUT2D eigenvalue weighted by Gasteiger charge is 2.37. The molecule has 2 unspecified atom stereocenters. The van der Waals surface area contributed by atoms with Gasteiger partial charge in [0.1, 0.15) is 10.9 Å². The van der Waals surface area contributed by atoms with Crippen LogP contribution in [0.1, 0.15) is 44.6 Å². The fraction of sp³-hybridized carbons (Fsp3) is 0.333. The maximum Gasteiger partial charge on any atom is 0.273 e. The van der Waals surface area contributed by atoms with Crippen LogP contribution < -0.4 is 40.6 Å². The zero-order valence-corrected chi connectivity index (χ0v) is 23.2. The van der Waals surface area contributed by atoms with Crippen LogP contribution in [0, 0.1) is 0 Å². The number of fused-ring (bicyclic) bond motifs is 1. The number of amides is 3. The van der Waals surface area contributed by atoms with E-state index >= 15 is 0 Å². The van der Waals surface area contributed by atoms with Crippen LogP contribution in [0.25, 0.3) is 0 Å². The molecule has 3 amide bonds. The number of rotatable bonds is 10. The molecule has 5 N–H and O–H groups in total. The second-order valence-corrected chi connectivity index (χ2v) is 10.0. The number of hydrogen-bond acceptors (Lipinski definition) is 11. The van der Waals surface area contributed by atoms with E-state index in [1.807, 2.05) is 0 Å². The Morgan fingerprint density at radius 3 is 2.59 bits per heavy atom. The van der Waals surface area contributed by atoms with Crippen LogP contribution in [0.4, 0.5) is 11.4 Å². The standard InChI is InChI=1S/C27H29N5O8S/c1-36-17-7-5-14(10-19(17)37-2)23(26(34)30-12-16-4-3-9-38-16)32(15-6-8-18-20(11-15)40-13-39-18)27(35)24-21(28)22(25(29)33)31-41-24/h5-8,10-11,16,23H,3-4,9,12-13,28H2,1-2H3,(H2,29,33)(H,30,34). The molecule has 13 nitrogen and oxygen atoms in total. The van der Waals surface area contributed by atoms with Crippen molar-refractivity contribution >= 4 is 40.6 Å². The Bertz CT molecular complexity index is 1470. The number of benzene rings is 2. The number of aromatic nitrogens is 1. The minimum atomic E-state index is -1.23. The molecule has 41 heavy (non-hydrogen) atoms. The molecule has 0 aliphatic carbocycles. The Morgan fingerprint density at radius 2 is 1.90 bits per heavy atom. The van der Waals surface area contributed by atoms with Crippen molar-refractivity contribution in [1.29, 1.82) is 0 Å². The maximum absolute atomic E-state index is 14.3. The number of carbonyl (C=O) groups is 3. The third-order valence-corrected chi connectivity index (χ3v) is 7.62. The van der Waals surface area contributed by atoms with Gasteiger partial charge < -0.3 is 40.5 Å². The monoisotopic (exact) mass is 583 g/mol. The smallest absolute Gasteiger partial charge is 0.273 e. The predicted molar refractivity (Wildman–Crippen MR) is 149 cm³/mol. The van der Waals surface area contributed by atoms with Crippen LogP contribution in [0.2, 0.25) is 0 Å². The van der Waals surface area contributed by atoms with E-state index in [1.165, 1.54) is 19.1 Å². The second-order valence-electron chi connectivity index (χ2n) is 9.25. The van der Waals surface area contributed by atoms with Gasteiger partial charge in [0.2, 0.25) is 12.7 Å². The van der Waals surface area contributed by atoms with Crippen molar-refractivity contribution in [1.82, 2.24) is 9.69 Å². The highest BCUT2D eigenvalue weighted by molar-refractivity contribution is 7.09. The summed E-state index contributed by atoms with van der Waals surface area (Å²) >= 11 is 0.713. The Hall–Kier alpha value is -4.56. The number of anilines is 2. The maximum atomic E-state index is 14.3. The third kappa shape index (κ3) is 5.56. The van der Waals surface area contributed by atoms with Crippen molar-refractivity contribution in [3.05, 3.63) is 52.5 Å². The number of nitrogens with zero attached hydrogens (tertiary/aromatic N) is 2. The molecule has 0 bridgehead atoms. The van der Waals surface area contributed by atoms with E-state index in [-0.39, 0.29) is 35.7 Å².